The number of nitrogens with one attached hydrogen (secondary N) is 1. The SMILES string of the molecule is CCC(C(=N)N)N(C)C(C)C(C)(C)C. The maximum absolute atomic E-state index is 7.52. The van der Waals surface area contributed by atoms with Crippen molar-refractivity contribution in [1.82, 2.24) is 4.90 Å². The van der Waals surface area contributed by atoms with Gasteiger partial charge >= 0.3 is 0 Å². The molecule has 0 aromatic heterocycles. The van der Waals surface area contributed by atoms with E-state index < -0.39 is 0 Å². The minimum absolute atomic E-state index is 0.0734. The topological polar surface area (TPSA) is 53.1 Å². The lowest BCUT2D eigenvalue weighted by molar-refractivity contribution is 0.120. The number of likely N-dealkylation sites (N-methyl/N-ethyl adjacent to an activating group) is 1. The van der Waals surface area contributed by atoms with Gasteiger partial charge in [-0.2, -0.15) is 0 Å². The summed E-state index contributed by atoms with van der Waals surface area (Å²) < 4.78 is 0. The Morgan fingerprint density at radius 2 is 1.86 bits per heavy atom. The van der Waals surface area contributed by atoms with Crippen LogP contribution in [0.15, 0.2) is 0 Å². The smallest absolute Gasteiger partial charge is 0.108 e. The first kappa shape index (κ1) is 13.4. The molecule has 84 valence electrons. The fraction of sp³-hybridized carbons (Fsp3) is 0.909. The zero-order valence-corrected chi connectivity index (χ0v) is 10.4. The summed E-state index contributed by atoms with van der Waals surface area (Å²) in [4.78, 5) is 2.20. The fourth-order valence-electron chi connectivity index (χ4n) is 1.61. The van der Waals surface area contributed by atoms with Crippen molar-refractivity contribution in [2.24, 2.45) is 11.1 Å². The Balaban J connectivity index is 4.58. The van der Waals surface area contributed by atoms with Crippen LogP contribution in [0.4, 0.5) is 0 Å². The standard InChI is InChI=1S/C11H25N3/c1-7-9(10(12)13)14(6)8(2)11(3,4)5/h8-9H,7H2,1-6H3,(H3,12,13). The monoisotopic (exact) mass is 199 g/mol. The third-order valence-electron chi connectivity index (χ3n) is 3.10. The van der Waals surface area contributed by atoms with Crippen molar-refractivity contribution in [3.05, 3.63) is 0 Å². The molecule has 0 aliphatic heterocycles. The lowest BCUT2D eigenvalue weighted by Crippen LogP contribution is -2.50. The second-order valence-corrected chi connectivity index (χ2v) is 5.09. The average molecular weight is 199 g/mol. The second-order valence-electron chi connectivity index (χ2n) is 5.09. The summed E-state index contributed by atoms with van der Waals surface area (Å²) in [6.07, 6.45) is 0.895. The molecule has 0 bridgehead atoms. The van der Waals surface area contributed by atoms with Crippen LogP contribution in [0, 0.1) is 10.8 Å². The molecule has 0 aromatic carbocycles. The van der Waals surface area contributed by atoms with Crippen molar-refractivity contribution in [1.29, 1.82) is 5.41 Å². The first-order valence-corrected chi connectivity index (χ1v) is 5.27. The van der Waals surface area contributed by atoms with Gasteiger partial charge in [0, 0.05) is 6.04 Å². The van der Waals surface area contributed by atoms with Crippen LogP contribution < -0.4 is 5.73 Å². The Labute approximate surface area is 88.2 Å². The average Bonchev–Trinajstić information content (AvgIpc) is 2.01. The van der Waals surface area contributed by atoms with Gasteiger partial charge in [-0.3, -0.25) is 10.3 Å². The minimum Gasteiger partial charge on any atom is -0.386 e. The zero-order chi connectivity index (χ0) is 11.5. The maximum Gasteiger partial charge on any atom is 0.108 e. The molecular formula is C11H25N3. The molecule has 0 heterocycles. The van der Waals surface area contributed by atoms with Crippen LogP contribution in [0.5, 0.6) is 0 Å². The number of rotatable bonds is 4. The quantitative estimate of drug-likeness (QED) is 0.538. The van der Waals surface area contributed by atoms with Crippen LogP contribution in [0.25, 0.3) is 0 Å². The highest BCUT2D eigenvalue weighted by molar-refractivity contribution is 5.82. The van der Waals surface area contributed by atoms with E-state index in [1.165, 1.54) is 0 Å². The molecule has 0 radical (unpaired) electrons. The summed E-state index contributed by atoms with van der Waals surface area (Å²) in [5.41, 5.74) is 5.79. The lowest BCUT2D eigenvalue weighted by Gasteiger charge is -2.39. The molecular weight excluding hydrogens is 174 g/mol. The fourth-order valence-corrected chi connectivity index (χ4v) is 1.61. The minimum atomic E-state index is 0.0734. The Morgan fingerprint density at radius 3 is 2.07 bits per heavy atom. The van der Waals surface area contributed by atoms with E-state index >= 15 is 0 Å². The van der Waals surface area contributed by atoms with Gasteiger partial charge in [0.2, 0.25) is 0 Å². The van der Waals surface area contributed by atoms with Gasteiger partial charge < -0.3 is 5.73 Å². The van der Waals surface area contributed by atoms with Gasteiger partial charge in [-0.25, -0.2) is 0 Å². The molecule has 0 aliphatic rings. The molecule has 0 rings (SSSR count). The largest absolute Gasteiger partial charge is 0.386 e. The molecule has 14 heavy (non-hydrogen) atoms. The van der Waals surface area contributed by atoms with Gasteiger partial charge in [-0.05, 0) is 25.8 Å². The van der Waals surface area contributed by atoms with Crippen molar-refractivity contribution < 1.29 is 0 Å². The molecule has 2 atom stereocenters. The Kier molecular flexibility index (Phi) is 4.59. The highest BCUT2D eigenvalue weighted by Gasteiger charge is 2.28. The predicted octanol–water partition coefficient (Wildman–Crippen LogP) is 2.07. The van der Waals surface area contributed by atoms with E-state index in [0.717, 1.165) is 6.42 Å². The first-order chi connectivity index (χ1) is 6.21. The number of hydrogen-bond acceptors (Lipinski definition) is 2. The summed E-state index contributed by atoms with van der Waals surface area (Å²) in [7, 11) is 2.05. The third-order valence-corrected chi connectivity index (χ3v) is 3.10. The van der Waals surface area contributed by atoms with E-state index in [1.54, 1.807) is 0 Å². The van der Waals surface area contributed by atoms with Crippen molar-refractivity contribution in [2.75, 3.05) is 7.05 Å². The molecule has 3 nitrogen and oxygen atoms in total. The highest BCUT2D eigenvalue weighted by atomic mass is 15.2. The van der Waals surface area contributed by atoms with Crippen LogP contribution >= 0.6 is 0 Å². The van der Waals surface area contributed by atoms with E-state index in [9.17, 15) is 0 Å². The van der Waals surface area contributed by atoms with Crippen LogP contribution in [0.1, 0.15) is 41.0 Å². The van der Waals surface area contributed by atoms with E-state index in [-0.39, 0.29) is 17.3 Å². The number of hydrogen-bond donors (Lipinski definition) is 2. The molecule has 0 saturated carbocycles. The molecule has 0 fully saturated rings. The first-order valence-electron chi connectivity index (χ1n) is 5.27. The summed E-state index contributed by atoms with van der Waals surface area (Å²) >= 11 is 0. The molecule has 3 heteroatoms. The van der Waals surface area contributed by atoms with Gasteiger partial charge in [0.25, 0.3) is 0 Å². The van der Waals surface area contributed by atoms with E-state index in [2.05, 4.69) is 39.5 Å². The number of nitrogens with zero attached hydrogens (tertiary/aromatic N) is 1. The summed E-state index contributed by atoms with van der Waals surface area (Å²) in [6, 6.07) is 0.487. The third kappa shape index (κ3) is 3.29. The van der Waals surface area contributed by atoms with E-state index in [0.29, 0.717) is 6.04 Å². The van der Waals surface area contributed by atoms with Crippen LogP contribution in [-0.4, -0.2) is 29.9 Å². The predicted molar refractivity (Wildman–Crippen MR) is 62.7 cm³/mol. The van der Waals surface area contributed by atoms with Crippen molar-refractivity contribution in [2.45, 2.75) is 53.1 Å². The van der Waals surface area contributed by atoms with Crippen molar-refractivity contribution in [3.63, 3.8) is 0 Å². The maximum atomic E-state index is 7.52. The highest BCUT2D eigenvalue weighted by Crippen LogP contribution is 2.24. The summed E-state index contributed by atoms with van der Waals surface area (Å²) in [5.74, 6) is 0.270. The Hall–Kier alpha value is -0.570. The second kappa shape index (κ2) is 4.78. The van der Waals surface area contributed by atoms with Crippen LogP contribution in [-0.2, 0) is 0 Å². The summed E-state index contributed by atoms with van der Waals surface area (Å²) in [6.45, 7) is 10.9. The molecule has 0 aliphatic carbocycles. The molecule has 0 saturated heterocycles. The van der Waals surface area contributed by atoms with Crippen molar-refractivity contribution >= 4 is 5.84 Å². The van der Waals surface area contributed by atoms with Gasteiger partial charge in [-0.1, -0.05) is 27.7 Å². The van der Waals surface area contributed by atoms with Crippen molar-refractivity contribution in [3.8, 4) is 0 Å². The molecule has 0 spiro atoms. The van der Waals surface area contributed by atoms with E-state index in [1.807, 2.05) is 7.05 Å². The van der Waals surface area contributed by atoms with Crippen LogP contribution in [0.2, 0.25) is 0 Å². The number of nitrogens with two attached hydrogens (primary N) is 1. The summed E-state index contributed by atoms with van der Waals surface area (Å²) in [5, 5.41) is 7.52. The molecule has 0 amide bonds. The molecule has 3 N–H and O–H groups in total. The van der Waals surface area contributed by atoms with Gasteiger partial charge in [0.15, 0.2) is 0 Å². The lowest BCUT2D eigenvalue weighted by atomic mass is 9.86. The van der Waals surface area contributed by atoms with Gasteiger partial charge in [0.1, 0.15) is 5.84 Å². The van der Waals surface area contributed by atoms with Crippen LogP contribution in [0.3, 0.4) is 0 Å². The zero-order valence-electron chi connectivity index (χ0n) is 10.4. The molecule has 2 unspecified atom stereocenters. The number of amidine groups is 1. The normalized spacial score (nSPS) is 16.8. The van der Waals surface area contributed by atoms with E-state index in [4.69, 9.17) is 11.1 Å². The Bertz CT molecular complexity index is 193. The molecule has 0 aromatic rings. The van der Waals surface area contributed by atoms with Gasteiger partial charge in [-0.15, -0.1) is 0 Å². The Morgan fingerprint density at radius 1 is 1.43 bits per heavy atom. The van der Waals surface area contributed by atoms with Gasteiger partial charge in [0.05, 0.1) is 6.04 Å².